The van der Waals surface area contributed by atoms with E-state index in [0.717, 1.165) is 23.0 Å². The third-order valence-corrected chi connectivity index (χ3v) is 3.53. The molecule has 21 heavy (non-hydrogen) atoms. The first-order valence-electron chi connectivity index (χ1n) is 6.88. The van der Waals surface area contributed by atoms with E-state index in [0.29, 0.717) is 5.95 Å². The summed E-state index contributed by atoms with van der Waals surface area (Å²) < 4.78 is 14.8. The van der Waals surface area contributed by atoms with E-state index in [1.54, 1.807) is 0 Å². The summed E-state index contributed by atoms with van der Waals surface area (Å²) in [6.45, 7) is 4.77. The molecule has 0 spiro atoms. The summed E-state index contributed by atoms with van der Waals surface area (Å²) in [5.41, 5.74) is 1.05. The van der Waals surface area contributed by atoms with E-state index in [-0.39, 0.29) is 11.9 Å². The summed E-state index contributed by atoms with van der Waals surface area (Å²) in [6.07, 6.45) is 2.14. The third-order valence-electron chi connectivity index (χ3n) is 3.00. The molecule has 1 aromatic carbocycles. The molecule has 1 atom stereocenters. The van der Waals surface area contributed by atoms with Crippen LogP contribution in [0.15, 0.2) is 34.9 Å². The molecule has 0 radical (unpaired) electrons. The van der Waals surface area contributed by atoms with Crippen LogP contribution in [0.5, 0.6) is 0 Å². The maximum absolute atomic E-state index is 13.8. The highest BCUT2D eigenvalue weighted by Crippen LogP contribution is 2.22. The number of benzene rings is 1. The van der Waals surface area contributed by atoms with E-state index in [1.807, 2.05) is 38.1 Å². The molecule has 2 aromatic rings. The highest BCUT2D eigenvalue weighted by atomic mass is 79.9. The van der Waals surface area contributed by atoms with Crippen molar-refractivity contribution in [1.82, 2.24) is 9.97 Å². The molecule has 0 aliphatic rings. The standard InChI is InChI=1S/C15H18BrFN4/c1-3-8-18-15-19-9-13(17)14(21-15)20-10(2)11-4-6-12(16)7-5-11/h4-7,9-10H,3,8H2,1-2H3,(H2,18,19,20,21). The zero-order valence-electron chi connectivity index (χ0n) is 12.0. The van der Waals surface area contributed by atoms with Gasteiger partial charge in [0.15, 0.2) is 11.6 Å². The Balaban J connectivity index is 2.12. The Morgan fingerprint density at radius 1 is 1.29 bits per heavy atom. The number of hydrogen-bond acceptors (Lipinski definition) is 4. The lowest BCUT2D eigenvalue weighted by atomic mass is 10.1. The van der Waals surface area contributed by atoms with Gasteiger partial charge in [0.25, 0.3) is 0 Å². The maximum atomic E-state index is 13.8. The van der Waals surface area contributed by atoms with Gasteiger partial charge in [0.2, 0.25) is 5.95 Å². The largest absolute Gasteiger partial charge is 0.361 e. The normalized spacial score (nSPS) is 12.0. The van der Waals surface area contributed by atoms with Crippen LogP contribution >= 0.6 is 15.9 Å². The fourth-order valence-electron chi connectivity index (χ4n) is 1.83. The second kappa shape index (κ2) is 7.36. The average Bonchev–Trinajstić information content (AvgIpc) is 2.48. The van der Waals surface area contributed by atoms with E-state index < -0.39 is 5.82 Å². The summed E-state index contributed by atoms with van der Waals surface area (Å²) in [6, 6.07) is 7.83. The van der Waals surface area contributed by atoms with Crippen molar-refractivity contribution in [3.63, 3.8) is 0 Å². The highest BCUT2D eigenvalue weighted by Gasteiger charge is 2.11. The minimum absolute atomic E-state index is 0.0541. The number of anilines is 2. The fraction of sp³-hybridized carbons (Fsp3) is 0.333. The van der Waals surface area contributed by atoms with Crippen LogP contribution < -0.4 is 10.6 Å². The van der Waals surface area contributed by atoms with Crippen LogP contribution in [-0.2, 0) is 0 Å². The first-order valence-corrected chi connectivity index (χ1v) is 7.68. The molecule has 0 bridgehead atoms. The van der Waals surface area contributed by atoms with Gasteiger partial charge in [-0.25, -0.2) is 9.37 Å². The van der Waals surface area contributed by atoms with Crippen LogP contribution in [0.4, 0.5) is 16.2 Å². The molecule has 112 valence electrons. The molecule has 1 heterocycles. The predicted octanol–water partition coefficient (Wildman–Crippen LogP) is 4.37. The minimum atomic E-state index is -0.457. The fourth-order valence-corrected chi connectivity index (χ4v) is 2.09. The van der Waals surface area contributed by atoms with Gasteiger partial charge >= 0.3 is 0 Å². The van der Waals surface area contributed by atoms with Crippen molar-refractivity contribution in [3.05, 3.63) is 46.3 Å². The zero-order chi connectivity index (χ0) is 15.2. The Labute approximate surface area is 132 Å². The molecule has 0 aliphatic carbocycles. The maximum Gasteiger partial charge on any atom is 0.224 e. The van der Waals surface area contributed by atoms with Gasteiger partial charge in [0.05, 0.1) is 12.2 Å². The van der Waals surface area contributed by atoms with Crippen LogP contribution in [0, 0.1) is 5.82 Å². The molecule has 6 heteroatoms. The second-order valence-electron chi connectivity index (χ2n) is 4.73. The van der Waals surface area contributed by atoms with E-state index in [2.05, 4.69) is 36.5 Å². The van der Waals surface area contributed by atoms with Crippen molar-refractivity contribution in [2.75, 3.05) is 17.2 Å². The third kappa shape index (κ3) is 4.39. The Morgan fingerprint density at radius 3 is 2.67 bits per heavy atom. The van der Waals surface area contributed by atoms with E-state index in [4.69, 9.17) is 0 Å². The van der Waals surface area contributed by atoms with Gasteiger partial charge in [-0.05, 0) is 31.0 Å². The van der Waals surface area contributed by atoms with Gasteiger partial charge in [0.1, 0.15) is 0 Å². The van der Waals surface area contributed by atoms with Gasteiger partial charge in [-0.1, -0.05) is 35.0 Å². The number of halogens is 2. The average molecular weight is 353 g/mol. The number of aromatic nitrogens is 2. The van der Waals surface area contributed by atoms with Crippen molar-refractivity contribution < 1.29 is 4.39 Å². The molecular weight excluding hydrogens is 335 g/mol. The van der Waals surface area contributed by atoms with E-state index in [9.17, 15) is 4.39 Å². The van der Waals surface area contributed by atoms with Crippen molar-refractivity contribution in [2.45, 2.75) is 26.3 Å². The zero-order valence-corrected chi connectivity index (χ0v) is 13.6. The summed E-state index contributed by atoms with van der Waals surface area (Å²) in [7, 11) is 0. The minimum Gasteiger partial charge on any atom is -0.361 e. The molecule has 0 fully saturated rings. The van der Waals surface area contributed by atoms with Gasteiger partial charge in [-0.15, -0.1) is 0 Å². The van der Waals surface area contributed by atoms with Crippen LogP contribution in [0.25, 0.3) is 0 Å². The Bertz CT molecular complexity index is 589. The number of nitrogens with zero attached hydrogens (tertiary/aromatic N) is 2. The van der Waals surface area contributed by atoms with Crippen LogP contribution in [0.2, 0.25) is 0 Å². The van der Waals surface area contributed by atoms with Gasteiger partial charge < -0.3 is 10.6 Å². The topological polar surface area (TPSA) is 49.8 Å². The summed E-state index contributed by atoms with van der Waals surface area (Å²) in [4.78, 5) is 8.10. The molecule has 1 aromatic heterocycles. The van der Waals surface area contributed by atoms with Crippen LogP contribution in [0.3, 0.4) is 0 Å². The van der Waals surface area contributed by atoms with Crippen molar-refractivity contribution >= 4 is 27.7 Å². The molecule has 4 nitrogen and oxygen atoms in total. The molecule has 1 unspecified atom stereocenters. The SMILES string of the molecule is CCCNc1ncc(F)c(NC(C)c2ccc(Br)cc2)n1. The summed E-state index contributed by atoms with van der Waals surface area (Å²) in [5, 5.41) is 6.13. The lowest BCUT2D eigenvalue weighted by Crippen LogP contribution is -2.12. The summed E-state index contributed by atoms with van der Waals surface area (Å²) in [5.74, 6) is 0.184. The monoisotopic (exact) mass is 352 g/mol. The molecule has 0 amide bonds. The molecule has 0 saturated carbocycles. The predicted molar refractivity (Wildman–Crippen MR) is 87.0 cm³/mol. The van der Waals surface area contributed by atoms with Crippen LogP contribution in [0.1, 0.15) is 31.9 Å². The number of nitrogens with one attached hydrogen (secondary N) is 2. The highest BCUT2D eigenvalue weighted by molar-refractivity contribution is 9.10. The first-order chi connectivity index (χ1) is 10.1. The molecule has 2 N–H and O–H groups in total. The Kier molecular flexibility index (Phi) is 5.50. The number of rotatable bonds is 6. The van der Waals surface area contributed by atoms with E-state index in [1.165, 1.54) is 6.20 Å². The first kappa shape index (κ1) is 15.7. The van der Waals surface area contributed by atoms with Crippen molar-refractivity contribution in [2.24, 2.45) is 0 Å². The van der Waals surface area contributed by atoms with Crippen molar-refractivity contribution in [1.29, 1.82) is 0 Å². The smallest absolute Gasteiger partial charge is 0.224 e. The Hall–Kier alpha value is -1.69. The van der Waals surface area contributed by atoms with Crippen molar-refractivity contribution in [3.8, 4) is 0 Å². The van der Waals surface area contributed by atoms with Gasteiger partial charge in [-0.2, -0.15) is 4.98 Å². The lowest BCUT2D eigenvalue weighted by molar-refractivity contribution is 0.614. The molecular formula is C15H18BrFN4. The van der Waals surface area contributed by atoms with E-state index >= 15 is 0 Å². The Morgan fingerprint density at radius 2 is 2.00 bits per heavy atom. The van der Waals surface area contributed by atoms with Crippen LogP contribution in [-0.4, -0.2) is 16.5 Å². The van der Waals surface area contributed by atoms with Gasteiger partial charge in [0, 0.05) is 11.0 Å². The molecule has 0 aliphatic heterocycles. The second-order valence-corrected chi connectivity index (χ2v) is 5.65. The quantitative estimate of drug-likeness (QED) is 0.810. The summed E-state index contributed by atoms with van der Waals surface area (Å²) >= 11 is 3.40. The molecule has 2 rings (SSSR count). The molecule has 0 saturated heterocycles. The van der Waals surface area contributed by atoms with Gasteiger partial charge in [-0.3, -0.25) is 0 Å². The number of hydrogen-bond donors (Lipinski definition) is 2. The lowest BCUT2D eigenvalue weighted by Gasteiger charge is -2.16.